The van der Waals surface area contributed by atoms with Crippen molar-refractivity contribution >= 4 is 40.0 Å². The molecule has 2 nitrogen and oxygen atoms in total. The molecular formula is C22H26N2. The lowest BCUT2D eigenvalue weighted by molar-refractivity contribution is 0.460. The molecule has 2 heterocycles. The third kappa shape index (κ3) is 1.80. The van der Waals surface area contributed by atoms with Gasteiger partial charge in [0, 0.05) is 22.2 Å². The van der Waals surface area contributed by atoms with Crippen LogP contribution < -0.4 is 15.8 Å². The average Bonchev–Trinajstić information content (AvgIpc) is 2.80. The van der Waals surface area contributed by atoms with Crippen molar-refractivity contribution in [3.05, 3.63) is 34.2 Å². The predicted molar refractivity (Wildman–Crippen MR) is 106 cm³/mol. The highest BCUT2D eigenvalue weighted by molar-refractivity contribution is 6.09. The smallest absolute Gasteiger partial charge is 0.0942 e. The van der Waals surface area contributed by atoms with Gasteiger partial charge in [-0.05, 0) is 42.9 Å². The summed E-state index contributed by atoms with van der Waals surface area (Å²) in [5, 5.41) is 9.17. The van der Waals surface area contributed by atoms with Crippen LogP contribution in [-0.2, 0) is 5.54 Å². The number of rotatable bonds is 1. The van der Waals surface area contributed by atoms with Gasteiger partial charge in [-0.3, -0.25) is 4.99 Å². The monoisotopic (exact) mass is 318 g/mol. The summed E-state index contributed by atoms with van der Waals surface area (Å²) in [6.07, 6.45) is 4.60. The van der Waals surface area contributed by atoms with Crippen LogP contribution in [0.4, 0.5) is 11.4 Å². The van der Waals surface area contributed by atoms with E-state index in [1.807, 2.05) is 0 Å². The molecule has 2 aromatic carbocycles. The maximum absolute atomic E-state index is 5.10. The van der Waals surface area contributed by atoms with Gasteiger partial charge in [-0.1, -0.05) is 51.1 Å². The third-order valence-corrected chi connectivity index (χ3v) is 5.90. The molecule has 2 aliphatic heterocycles. The van der Waals surface area contributed by atoms with E-state index < -0.39 is 0 Å². The number of fused-ring (bicyclic) bond motifs is 2. The topological polar surface area (TPSA) is 24.4 Å². The van der Waals surface area contributed by atoms with Crippen molar-refractivity contribution in [3.8, 4) is 0 Å². The quantitative estimate of drug-likeness (QED) is 0.825. The summed E-state index contributed by atoms with van der Waals surface area (Å²) < 4.78 is 0. The minimum absolute atomic E-state index is 0.0812. The van der Waals surface area contributed by atoms with Crippen molar-refractivity contribution in [3.63, 3.8) is 0 Å². The van der Waals surface area contributed by atoms with Crippen LogP contribution in [0.1, 0.15) is 47.1 Å². The minimum Gasteiger partial charge on any atom is -0.373 e. The van der Waals surface area contributed by atoms with Crippen LogP contribution in [-0.4, -0.2) is 5.71 Å². The molecule has 124 valence electrons. The Labute approximate surface area is 144 Å². The van der Waals surface area contributed by atoms with Gasteiger partial charge in [0.15, 0.2) is 0 Å². The Morgan fingerprint density at radius 3 is 2.67 bits per heavy atom. The molecule has 0 aromatic heterocycles. The number of anilines is 1. The first-order valence-corrected chi connectivity index (χ1v) is 8.99. The van der Waals surface area contributed by atoms with E-state index in [9.17, 15) is 0 Å². The van der Waals surface area contributed by atoms with E-state index in [2.05, 4.69) is 77.2 Å². The normalized spacial score (nSPS) is 26.3. The van der Waals surface area contributed by atoms with Gasteiger partial charge in [-0.25, -0.2) is 0 Å². The van der Waals surface area contributed by atoms with Crippen LogP contribution in [0.15, 0.2) is 23.2 Å². The molecule has 1 N–H and O–H groups in total. The van der Waals surface area contributed by atoms with Crippen LogP contribution in [0.2, 0.25) is 0 Å². The van der Waals surface area contributed by atoms with E-state index in [1.165, 1.54) is 38.2 Å². The molecule has 2 aliphatic rings. The second-order valence-corrected chi connectivity index (χ2v) is 7.78. The molecule has 0 saturated carbocycles. The summed E-state index contributed by atoms with van der Waals surface area (Å²) in [6, 6.07) is 6.75. The third-order valence-electron chi connectivity index (χ3n) is 5.90. The van der Waals surface area contributed by atoms with E-state index in [4.69, 9.17) is 4.99 Å². The SMILES string of the molecule is C/C=c1\c(=C/C(C)C)c2c3c4c(cccc14)C(C)(N3)C(C)C(C)=N2. The Kier molecular flexibility index (Phi) is 3.19. The van der Waals surface area contributed by atoms with Crippen molar-refractivity contribution in [2.24, 2.45) is 16.8 Å². The lowest BCUT2D eigenvalue weighted by Crippen LogP contribution is -2.38. The Morgan fingerprint density at radius 1 is 1.25 bits per heavy atom. The fraction of sp³-hybridized carbons (Fsp3) is 0.409. The summed E-state index contributed by atoms with van der Waals surface area (Å²) in [5.41, 5.74) is 4.89. The maximum atomic E-state index is 5.10. The average molecular weight is 318 g/mol. The van der Waals surface area contributed by atoms with Crippen LogP contribution in [0.25, 0.3) is 22.9 Å². The molecule has 2 aromatic rings. The van der Waals surface area contributed by atoms with Gasteiger partial charge in [-0.2, -0.15) is 0 Å². The van der Waals surface area contributed by atoms with Gasteiger partial charge >= 0.3 is 0 Å². The Morgan fingerprint density at radius 2 is 2.00 bits per heavy atom. The van der Waals surface area contributed by atoms with Crippen molar-refractivity contribution in [2.75, 3.05) is 5.32 Å². The minimum atomic E-state index is -0.0812. The number of aliphatic imine (C=N–C) groups is 1. The molecule has 0 saturated heterocycles. The van der Waals surface area contributed by atoms with Crippen molar-refractivity contribution < 1.29 is 0 Å². The molecule has 0 aliphatic carbocycles. The molecule has 4 rings (SSSR count). The van der Waals surface area contributed by atoms with Crippen LogP contribution in [0, 0.1) is 11.8 Å². The van der Waals surface area contributed by atoms with E-state index in [0.717, 1.165) is 5.69 Å². The zero-order chi connectivity index (χ0) is 17.2. The molecule has 2 heteroatoms. The summed E-state index contributed by atoms with van der Waals surface area (Å²) in [5.74, 6) is 0.839. The zero-order valence-electron chi connectivity index (χ0n) is 15.5. The summed E-state index contributed by atoms with van der Waals surface area (Å²) in [6.45, 7) is 13.4. The summed E-state index contributed by atoms with van der Waals surface area (Å²) in [4.78, 5) is 5.10. The first-order chi connectivity index (χ1) is 11.4. The van der Waals surface area contributed by atoms with Gasteiger partial charge in [0.05, 0.1) is 16.9 Å². The van der Waals surface area contributed by atoms with E-state index >= 15 is 0 Å². The highest BCUT2D eigenvalue weighted by Crippen LogP contribution is 2.50. The van der Waals surface area contributed by atoms with Gasteiger partial charge in [0.1, 0.15) is 0 Å². The highest BCUT2D eigenvalue weighted by atomic mass is 15.1. The molecule has 0 radical (unpaired) electrons. The van der Waals surface area contributed by atoms with Gasteiger partial charge in [0.25, 0.3) is 0 Å². The molecule has 2 atom stereocenters. The molecule has 0 spiro atoms. The van der Waals surface area contributed by atoms with Gasteiger partial charge < -0.3 is 5.32 Å². The second kappa shape index (κ2) is 4.95. The Balaban J connectivity index is 2.34. The number of hydrogen-bond acceptors (Lipinski definition) is 2. The number of benzene rings is 2. The largest absolute Gasteiger partial charge is 0.373 e. The first kappa shape index (κ1) is 15.4. The van der Waals surface area contributed by atoms with Gasteiger partial charge in [0.2, 0.25) is 0 Å². The van der Waals surface area contributed by atoms with Gasteiger partial charge in [-0.15, -0.1) is 0 Å². The highest BCUT2D eigenvalue weighted by Gasteiger charge is 2.43. The van der Waals surface area contributed by atoms with Crippen LogP contribution >= 0.6 is 0 Å². The van der Waals surface area contributed by atoms with Crippen molar-refractivity contribution in [1.82, 2.24) is 0 Å². The predicted octanol–water partition coefficient (Wildman–Crippen LogP) is 4.46. The fourth-order valence-electron chi connectivity index (χ4n) is 4.41. The van der Waals surface area contributed by atoms with Crippen molar-refractivity contribution in [1.29, 1.82) is 0 Å². The van der Waals surface area contributed by atoms with Crippen LogP contribution in [0.5, 0.6) is 0 Å². The number of nitrogens with one attached hydrogen (secondary N) is 1. The standard InChI is InChI=1S/C22H26N2/c1-7-15-16-9-8-10-18-19(16)21-20(17(15)11-12(2)3)23-14(5)13(4)22(18,6)24-21/h7-13,24H,1-6H3/b15-7-,17-11+. The summed E-state index contributed by atoms with van der Waals surface area (Å²) >= 11 is 0. The lowest BCUT2D eigenvalue weighted by atomic mass is 9.78. The Bertz CT molecular complexity index is 1010. The number of hydrogen-bond donors (Lipinski definition) is 1. The van der Waals surface area contributed by atoms with E-state index in [1.54, 1.807) is 0 Å². The second-order valence-electron chi connectivity index (χ2n) is 7.78. The maximum Gasteiger partial charge on any atom is 0.0942 e. The molecule has 2 unspecified atom stereocenters. The molecule has 0 fully saturated rings. The van der Waals surface area contributed by atoms with Crippen molar-refractivity contribution in [2.45, 2.75) is 47.1 Å². The zero-order valence-corrected chi connectivity index (χ0v) is 15.5. The summed E-state index contributed by atoms with van der Waals surface area (Å²) in [7, 11) is 0. The lowest BCUT2D eigenvalue weighted by Gasteiger charge is -2.33. The molecule has 24 heavy (non-hydrogen) atoms. The van der Waals surface area contributed by atoms with E-state index in [0.29, 0.717) is 11.8 Å². The Hall–Kier alpha value is -2.09. The molecule has 0 amide bonds. The first-order valence-electron chi connectivity index (χ1n) is 8.99. The number of nitrogens with zero attached hydrogens (tertiary/aromatic N) is 1. The molecule has 2 bridgehead atoms. The fourth-order valence-corrected chi connectivity index (χ4v) is 4.41. The molecular weight excluding hydrogens is 292 g/mol. The van der Waals surface area contributed by atoms with E-state index in [-0.39, 0.29) is 5.54 Å². The van der Waals surface area contributed by atoms with Crippen LogP contribution in [0.3, 0.4) is 0 Å².